The van der Waals surface area contributed by atoms with Crippen LogP contribution in [-0.2, 0) is 11.2 Å². The fourth-order valence-corrected chi connectivity index (χ4v) is 8.23. The largest absolute Gasteiger partial charge is 0.489 e. The van der Waals surface area contributed by atoms with E-state index in [0.717, 1.165) is 68.9 Å². The molecule has 6 nitrogen and oxygen atoms in total. The van der Waals surface area contributed by atoms with Crippen LogP contribution in [0.25, 0.3) is 0 Å². The molecule has 1 fully saturated rings. The van der Waals surface area contributed by atoms with E-state index in [0.29, 0.717) is 35.8 Å². The summed E-state index contributed by atoms with van der Waals surface area (Å²) in [5.41, 5.74) is 2.91. The van der Waals surface area contributed by atoms with Gasteiger partial charge in [0, 0.05) is 35.2 Å². The van der Waals surface area contributed by atoms with Crippen LogP contribution in [0.15, 0.2) is 30.3 Å². The van der Waals surface area contributed by atoms with Crippen molar-refractivity contribution in [3.63, 3.8) is 0 Å². The molecule has 2 bridgehead atoms. The fraction of sp³-hybridized carbons (Fsp3) is 0.576. The molecule has 2 aromatic rings. The number of anilines is 1. The molecule has 0 radical (unpaired) electrons. The zero-order valence-electron chi connectivity index (χ0n) is 24.6. The van der Waals surface area contributed by atoms with Crippen LogP contribution >= 0.6 is 22.3 Å². The number of pyridine rings is 1. The molecule has 222 valence electrons. The van der Waals surface area contributed by atoms with Crippen LogP contribution in [0.4, 0.5) is 5.82 Å². The average Bonchev–Trinajstić information content (AvgIpc) is 3.13. The van der Waals surface area contributed by atoms with Crippen molar-refractivity contribution < 1.29 is 14.3 Å². The highest BCUT2D eigenvalue weighted by Gasteiger charge is 2.39. The first-order chi connectivity index (χ1) is 19.8. The van der Waals surface area contributed by atoms with Crippen molar-refractivity contribution in [1.82, 2.24) is 9.71 Å². The number of benzene rings is 1. The average molecular weight is 598 g/mol. The number of carbonyl (C=O) groups excluding carboxylic acids is 2. The zero-order chi connectivity index (χ0) is 29.1. The Morgan fingerprint density at radius 1 is 1.17 bits per heavy atom. The van der Waals surface area contributed by atoms with Crippen LogP contribution in [-0.4, -0.2) is 48.0 Å². The minimum atomic E-state index is -0.547. The van der Waals surface area contributed by atoms with Crippen molar-refractivity contribution in [2.45, 2.75) is 76.9 Å². The second kappa shape index (κ2) is 13.3. The van der Waals surface area contributed by atoms with Crippen molar-refractivity contribution in [2.75, 3.05) is 24.6 Å². The molecule has 8 heteroatoms. The molecule has 1 aromatic carbocycles. The van der Waals surface area contributed by atoms with Crippen molar-refractivity contribution in [3.05, 3.63) is 52.2 Å². The Hall–Kier alpha value is -2.38. The predicted octanol–water partition coefficient (Wildman–Crippen LogP) is 7.07. The van der Waals surface area contributed by atoms with Gasteiger partial charge < -0.3 is 19.2 Å². The van der Waals surface area contributed by atoms with Gasteiger partial charge in [0.05, 0.1) is 6.61 Å². The first-order valence-electron chi connectivity index (χ1n) is 15.2. The number of aldehydes is 1. The lowest BCUT2D eigenvalue weighted by molar-refractivity contribution is -0.115. The Bertz CT molecular complexity index is 1290. The summed E-state index contributed by atoms with van der Waals surface area (Å²) in [7, 11) is -0.547. The van der Waals surface area contributed by atoms with Gasteiger partial charge in [-0.2, -0.15) is 0 Å². The SMILES string of the molecule is C=S1NC(=O)c2ccc3c(n2)N(CC(c2ccc(Cl)cc2CCC)CO3)CC2CCC2C(C=O)CCCC(C)C1C. The van der Waals surface area contributed by atoms with E-state index in [1.165, 1.54) is 17.4 Å². The number of nitrogens with zero attached hydrogens (tertiary/aromatic N) is 2. The molecule has 7 atom stereocenters. The van der Waals surface area contributed by atoms with Gasteiger partial charge in [0.2, 0.25) is 0 Å². The van der Waals surface area contributed by atoms with Crippen LogP contribution in [0.3, 0.4) is 0 Å². The van der Waals surface area contributed by atoms with Gasteiger partial charge in [0.15, 0.2) is 11.6 Å². The van der Waals surface area contributed by atoms with Gasteiger partial charge in [-0.05, 0) is 85.3 Å². The quantitative estimate of drug-likeness (QED) is 0.302. The summed E-state index contributed by atoms with van der Waals surface area (Å²) < 4.78 is 9.55. The van der Waals surface area contributed by atoms with Crippen LogP contribution in [0.1, 0.15) is 86.8 Å². The summed E-state index contributed by atoms with van der Waals surface area (Å²) in [6.07, 6.45) is 8.37. The summed E-state index contributed by atoms with van der Waals surface area (Å²) in [5, 5.41) is 0.985. The number of amides is 1. The Morgan fingerprint density at radius 3 is 2.73 bits per heavy atom. The number of carbonyl (C=O) groups is 2. The van der Waals surface area contributed by atoms with E-state index in [1.54, 1.807) is 6.07 Å². The van der Waals surface area contributed by atoms with Gasteiger partial charge in [-0.3, -0.25) is 4.79 Å². The number of nitrogens with one attached hydrogen (secondary N) is 1. The van der Waals surface area contributed by atoms with E-state index < -0.39 is 10.7 Å². The molecule has 0 spiro atoms. The molecule has 1 amide bonds. The first-order valence-corrected chi connectivity index (χ1v) is 17.1. The first kappa shape index (κ1) is 30.1. The van der Waals surface area contributed by atoms with E-state index in [-0.39, 0.29) is 23.0 Å². The number of aryl methyl sites for hydroxylation is 1. The van der Waals surface area contributed by atoms with E-state index in [9.17, 15) is 9.59 Å². The third kappa shape index (κ3) is 6.67. The second-order valence-electron chi connectivity index (χ2n) is 12.3. The summed E-state index contributed by atoms with van der Waals surface area (Å²) in [4.78, 5) is 32.9. The standard InChI is InChI=1S/C33H44ClN3O3S/c1-5-7-23-16-27(34)11-13-28(23)26-18-37-17-24-10-12-29(24)25(19-38)9-6-8-21(2)22(3)41(4)36-33(39)30-14-15-31(40-20-26)32(37)35-30/h11,13-16,19,21-22,24-26,29H,4-10,12,17-18,20H2,1-3H3,(H,36,39). The maximum absolute atomic E-state index is 13.4. The predicted molar refractivity (Wildman–Crippen MR) is 171 cm³/mol. The van der Waals surface area contributed by atoms with E-state index in [4.69, 9.17) is 21.3 Å². The third-order valence-electron chi connectivity index (χ3n) is 9.64. The third-order valence-corrected chi connectivity index (χ3v) is 11.7. The lowest BCUT2D eigenvalue weighted by Gasteiger charge is -2.43. The summed E-state index contributed by atoms with van der Waals surface area (Å²) in [6, 6.07) is 9.86. The van der Waals surface area contributed by atoms with E-state index in [1.807, 2.05) is 12.1 Å². The normalized spacial score (nSPS) is 30.7. The molecule has 1 saturated carbocycles. The lowest BCUT2D eigenvalue weighted by atomic mass is 9.66. The smallest absolute Gasteiger partial charge is 0.279 e. The minimum absolute atomic E-state index is 0.0899. The molecular weight excluding hydrogens is 554 g/mol. The second-order valence-corrected chi connectivity index (χ2v) is 14.5. The summed E-state index contributed by atoms with van der Waals surface area (Å²) in [5.74, 6) is 6.95. The van der Waals surface area contributed by atoms with Gasteiger partial charge in [-0.25, -0.2) is 4.98 Å². The topological polar surface area (TPSA) is 71.5 Å². The Labute approximate surface area is 252 Å². The van der Waals surface area contributed by atoms with Crippen molar-refractivity contribution >= 4 is 46.2 Å². The highest BCUT2D eigenvalue weighted by molar-refractivity contribution is 8.13. The summed E-state index contributed by atoms with van der Waals surface area (Å²) in [6.45, 7) is 8.62. The van der Waals surface area contributed by atoms with Gasteiger partial charge >= 0.3 is 0 Å². The van der Waals surface area contributed by atoms with Gasteiger partial charge in [-0.1, -0.05) is 67.8 Å². The van der Waals surface area contributed by atoms with E-state index in [2.05, 4.69) is 48.4 Å². The van der Waals surface area contributed by atoms with Gasteiger partial charge in [0.25, 0.3) is 5.91 Å². The van der Waals surface area contributed by atoms with Crippen molar-refractivity contribution in [2.24, 2.45) is 23.7 Å². The Kier molecular flexibility index (Phi) is 9.75. The van der Waals surface area contributed by atoms with Crippen molar-refractivity contribution in [1.29, 1.82) is 0 Å². The molecule has 5 rings (SSSR count). The highest BCUT2D eigenvalue weighted by Crippen LogP contribution is 2.44. The Morgan fingerprint density at radius 2 is 2.00 bits per heavy atom. The number of rotatable bonds is 4. The molecule has 1 N–H and O–H groups in total. The maximum atomic E-state index is 13.4. The van der Waals surface area contributed by atoms with Gasteiger partial charge in [-0.15, -0.1) is 0 Å². The number of aromatic nitrogens is 1. The Balaban J connectivity index is 1.52. The molecule has 7 unspecified atom stereocenters. The molecule has 3 aliphatic rings. The number of hydrogen-bond acceptors (Lipinski definition) is 5. The van der Waals surface area contributed by atoms with Gasteiger partial charge in [0.1, 0.15) is 12.0 Å². The molecule has 2 aliphatic heterocycles. The number of halogens is 1. The highest BCUT2D eigenvalue weighted by atomic mass is 35.5. The molecule has 1 aromatic heterocycles. The molecular formula is C33H44ClN3O3S. The molecule has 1 aliphatic carbocycles. The molecule has 0 saturated heterocycles. The van der Waals surface area contributed by atoms with E-state index >= 15 is 0 Å². The minimum Gasteiger partial charge on any atom is -0.489 e. The monoisotopic (exact) mass is 597 g/mol. The summed E-state index contributed by atoms with van der Waals surface area (Å²) >= 11 is 6.40. The molecule has 3 heterocycles. The van der Waals surface area contributed by atoms with Crippen LogP contribution < -0.4 is 14.4 Å². The zero-order valence-corrected chi connectivity index (χ0v) is 26.2. The van der Waals surface area contributed by atoms with Crippen LogP contribution in [0.5, 0.6) is 5.75 Å². The number of hydrogen-bond donors (Lipinski definition) is 1. The lowest BCUT2D eigenvalue weighted by Crippen LogP contribution is -2.43. The number of ether oxygens (including phenoxy) is 1. The maximum Gasteiger partial charge on any atom is 0.279 e. The number of fused-ring (bicyclic) bond motifs is 2. The van der Waals surface area contributed by atoms with Crippen LogP contribution in [0.2, 0.25) is 5.02 Å². The van der Waals surface area contributed by atoms with Crippen LogP contribution in [0, 0.1) is 23.7 Å². The molecule has 41 heavy (non-hydrogen) atoms. The fourth-order valence-electron chi connectivity index (χ4n) is 6.81. The van der Waals surface area contributed by atoms with Crippen molar-refractivity contribution in [3.8, 4) is 5.75 Å².